The molecular formula is C12H13BrF3NO2. The van der Waals surface area contributed by atoms with Crippen molar-refractivity contribution in [1.29, 1.82) is 0 Å². The van der Waals surface area contributed by atoms with Crippen LogP contribution in [0.3, 0.4) is 0 Å². The number of nitrogens with one attached hydrogen (secondary N) is 1. The second-order valence-electron chi connectivity index (χ2n) is 4.34. The lowest BCUT2D eigenvalue weighted by atomic mass is 10.1. The topological polar surface area (TPSA) is 41.5 Å². The van der Waals surface area contributed by atoms with Gasteiger partial charge in [0.15, 0.2) is 6.10 Å². The highest BCUT2D eigenvalue weighted by Crippen LogP contribution is 2.32. The summed E-state index contributed by atoms with van der Waals surface area (Å²) in [6.45, 7) is 0.268. The van der Waals surface area contributed by atoms with Gasteiger partial charge in [-0.3, -0.25) is 0 Å². The Kier molecular flexibility index (Phi) is 4.37. The summed E-state index contributed by atoms with van der Waals surface area (Å²) in [5, 5.41) is 11.5. The van der Waals surface area contributed by atoms with Gasteiger partial charge in [-0.15, -0.1) is 0 Å². The zero-order chi connectivity index (χ0) is 14.0. The monoisotopic (exact) mass is 339 g/mol. The van der Waals surface area contributed by atoms with Gasteiger partial charge in [0.2, 0.25) is 0 Å². The second kappa shape index (κ2) is 5.68. The molecule has 0 spiro atoms. The van der Waals surface area contributed by atoms with Crippen LogP contribution in [0.4, 0.5) is 13.2 Å². The molecule has 1 aliphatic rings. The summed E-state index contributed by atoms with van der Waals surface area (Å²) in [6, 6.07) is 3.74. The third kappa shape index (κ3) is 3.61. The Balaban J connectivity index is 1.97. The summed E-state index contributed by atoms with van der Waals surface area (Å²) in [5.74, 6) is 0.734. The molecule has 0 saturated carbocycles. The fourth-order valence-corrected chi connectivity index (χ4v) is 2.49. The molecule has 7 heteroatoms. The average Bonchev–Trinajstić information content (AvgIpc) is 2.75. The summed E-state index contributed by atoms with van der Waals surface area (Å²) in [7, 11) is 0. The highest BCUT2D eigenvalue weighted by Gasteiger charge is 2.37. The van der Waals surface area contributed by atoms with Gasteiger partial charge in [0, 0.05) is 29.5 Å². The first-order valence-corrected chi connectivity index (χ1v) is 6.57. The molecule has 0 saturated heterocycles. The zero-order valence-corrected chi connectivity index (χ0v) is 11.5. The maximum atomic E-state index is 12.1. The first kappa shape index (κ1) is 14.6. The standard InChI is InChI=1S/C12H13BrF3NO2/c13-9-3-7-1-2-19-11(7)8(4-9)5-17-6-10(18)12(14,15)16/h3-4,10,17-18H,1-2,5-6H2. The largest absolute Gasteiger partial charge is 0.493 e. The Bertz CT molecular complexity index is 465. The van der Waals surface area contributed by atoms with E-state index < -0.39 is 18.8 Å². The Labute approximate surface area is 116 Å². The van der Waals surface area contributed by atoms with Crippen molar-refractivity contribution in [3.8, 4) is 5.75 Å². The van der Waals surface area contributed by atoms with Crippen LogP contribution in [0, 0.1) is 0 Å². The van der Waals surface area contributed by atoms with E-state index in [0.29, 0.717) is 6.61 Å². The fraction of sp³-hybridized carbons (Fsp3) is 0.500. The quantitative estimate of drug-likeness (QED) is 0.885. The Morgan fingerprint density at radius 2 is 2.16 bits per heavy atom. The minimum Gasteiger partial charge on any atom is -0.493 e. The van der Waals surface area contributed by atoms with E-state index in [1.165, 1.54) is 0 Å². The van der Waals surface area contributed by atoms with Gasteiger partial charge in [-0.1, -0.05) is 15.9 Å². The molecule has 0 aromatic heterocycles. The number of aliphatic hydroxyl groups excluding tert-OH is 1. The molecule has 0 radical (unpaired) electrons. The van der Waals surface area contributed by atoms with Crippen molar-refractivity contribution < 1.29 is 23.0 Å². The molecular weight excluding hydrogens is 327 g/mol. The molecule has 0 amide bonds. The van der Waals surface area contributed by atoms with E-state index in [2.05, 4.69) is 21.2 Å². The van der Waals surface area contributed by atoms with Crippen LogP contribution in [0.5, 0.6) is 5.75 Å². The molecule has 19 heavy (non-hydrogen) atoms. The summed E-state index contributed by atoms with van der Waals surface area (Å²) >= 11 is 3.36. The lowest BCUT2D eigenvalue weighted by Crippen LogP contribution is -2.38. The number of ether oxygens (including phenoxy) is 1. The fourth-order valence-electron chi connectivity index (χ4n) is 1.94. The molecule has 1 aromatic rings. The van der Waals surface area contributed by atoms with E-state index in [1.54, 1.807) is 6.07 Å². The van der Waals surface area contributed by atoms with Crippen molar-refractivity contribution in [2.24, 2.45) is 0 Å². The molecule has 1 aromatic carbocycles. The van der Waals surface area contributed by atoms with Crippen molar-refractivity contribution in [1.82, 2.24) is 5.32 Å². The lowest BCUT2D eigenvalue weighted by molar-refractivity contribution is -0.201. The highest BCUT2D eigenvalue weighted by molar-refractivity contribution is 9.10. The van der Waals surface area contributed by atoms with Crippen LogP contribution in [0.2, 0.25) is 0 Å². The predicted molar refractivity (Wildman–Crippen MR) is 67.1 cm³/mol. The van der Waals surface area contributed by atoms with Gasteiger partial charge in [-0.2, -0.15) is 13.2 Å². The number of halogens is 4. The van der Waals surface area contributed by atoms with Crippen LogP contribution >= 0.6 is 15.9 Å². The summed E-state index contributed by atoms with van der Waals surface area (Å²) < 4.78 is 42.7. The van der Waals surface area contributed by atoms with Crippen LogP contribution in [-0.4, -0.2) is 30.5 Å². The van der Waals surface area contributed by atoms with E-state index in [-0.39, 0.29) is 6.54 Å². The van der Waals surface area contributed by atoms with Crippen molar-refractivity contribution in [2.75, 3.05) is 13.2 Å². The van der Waals surface area contributed by atoms with Crippen molar-refractivity contribution in [2.45, 2.75) is 25.2 Å². The third-order valence-electron chi connectivity index (χ3n) is 2.86. The van der Waals surface area contributed by atoms with Crippen LogP contribution in [0.25, 0.3) is 0 Å². The van der Waals surface area contributed by atoms with Crippen LogP contribution in [-0.2, 0) is 13.0 Å². The smallest absolute Gasteiger partial charge is 0.415 e. The molecule has 0 fully saturated rings. The number of alkyl halides is 3. The third-order valence-corrected chi connectivity index (χ3v) is 3.31. The maximum absolute atomic E-state index is 12.1. The molecule has 106 valence electrons. The van der Waals surface area contributed by atoms with E-state index in [0.717, 1.165) is 27.8 Å². The highest BCUT2D eigenvalue weighted by atomic mass is 79.9. The van der Waals surface area contributed by atoms with Crippen molar-refractivity contribution in [3.63, 3.8) is 0 Å². The normalized spacial score (nSPS) is 16.1. The minimum atomic E-state index is -4.59. The van der Waals surface area contributed by atoms with Gasteiger partial charge in [0.05, 0.1) is 6.61 Å². The SMILES string of the molecule is OC(CNCc1cc(Br)cc2c1OCC2)C(F)(F)F. The molecule has 1 unspecified atom stereocenters. The maximum Gasteiger partial charge on any atom is 0.415 e. The van der Waals surface area contributed by atoms with E-state index >= 15 is 0 Å². The number of benzene rings is 1. The molecule has 0 aliphatic carbocycles. The number of hydrogen-bond acceptors (Lipinski definition) is 3. The predicted octanol–water partition coefficient (Wildman–Crippen LogP) is 2.40. The second-order valence-corrected chi connectivity index (χ2v) is 5.26. The molecule has 0 bridgehead atoms. The average molecular weight is 340 g/mol. The number of fused-ring (bicyclic) bond motifs is 1. The van der Waals surface area contributed by atoms with Crippen LogP contribution in [0.15, 0.2) is 16.6 Å². The zero-order valence-electron chi connectivity index (χ0n) is 9.93. The molecule has 3 nitrogen and oxygen atoms in total. The van der Waals surface area contributed by atoms with E-state index in [4.69, 9.17) is 9.84 Å². The van der Waals surface area contributed by atoms with Crippen LogP contribution in [0.1, 0.15) is 11.1 Å². The Morgan fingerprint density at radius 1 is 1.42 bits per heavy atom. The molecule has 1 atom stereocenters. The molecule has 2 rings (SSSR count). The minimum absolute atomic E-state index is 0.217. The summed E-state index contributed by atoms with van der Waals surface area (Å²) in [6.07, 6.45) is -6.15. The molecule has 2 N–H and O–H groups in total. The van der Waals surface area contributed by atoms with Crippen LogP contribution < -0.4 is 10.1 Å². The Hall–Kier alpha value is -0.790. The van der Waals surface area contributed by atoms with Crippen molar-refractivity contribution in [3.05, 3.63) is 27.7 Å². The molecule has 1 aliphatic heterocycles. The van der Waals surface area contributed by atoms with Gasteiger partial charge in [-0.25, -0.2) is 0 Å². The lowest BCUT2D eigenvalue weighted by Gasteiger charge is -2.16. The van der Waals surface area contributed by atoms with Gasteiger partial charge in [-0.05, 0) is 17.7 Å². The summed E-state index contributed by atoms with van der Waals surface area (Å²) in [5.41, 5.74) is 1.83. The number of hydrogen-bond donors (Lipinski definition) is 2. The summed E-state index contributed by atoms with van der Waals surface area (Å²) in [4.78, 5) is 0. The first-order valence-electron chi connectivity index (χ1n) is 5.77. The number of rotatable bonds is 4. The number of aliphatic hydroxyl groups is 1. The van der Waals surface area contributed by atoms with Gasteiger partial charge in [0.1, 0.15) is 5.75 Å². The first-order chi connectivity index (χ1) is 8.88. The van der Waals surface area contributed by atoms with Gasteiger partial charge in [0.25, 0.3) is 0 Å². The van der Waals surface area contributed by atoms with Gasteiger partial charge < -0.3 is 15.2 Å². The van der Waals surface area contributed by atoms with Crippen molar-refractivity contribution >= 4 is 15.9 Å². The van der Waals surface area contributed by atoms with Gasteiger partial charge >= 0.3 is 6.18 Å². The van der Waals surface area contributed by atoms with E-state index in [1.807, 2.05) is 6.07 Å². The molecule has 1 heterocycles. The Morgan fingerprint density at radius 3 is 2.84 bits per heavy atom. The van der Waals surface area contributed by atoms with E-state index in [9.17, 15) is 13.2 Å².